The van der Waals surface area contributed by atoms with Crippen molar-refractivity contribution in [1.29, 1.82) is 0 Å². The van der Waals surface area contributed by atoms with Gasteiger partial charge in [-0.1, -0.05) is 66.6 Å². The van der Waals surface area contributed by atoms with Crippen molar-refractivity contribution in [1.82, 2.24) is 14.5 Å². The van der Waals surface area contributed by atoms with Crippen LogP contribution in [0.15, 0.2) is 54.6 Å². The lowest BCUT2D eigenvalue weighted by Crippen LogP contribution is -2.31. The van der Waals surface area contributed by atoms with Crippen LogP contribution >= 0.6 is 0 Å². The van der Waals surface area contributed by atoms with Crippen LogP contribution in [-0.4, -0.2) is 26.9 Å². The number of benzene rings is 2. The highest BCUT2D eigenvalue weighted by Gasteiger charge is 2.27. The van der Waals surface area contributed by atoms with Crippen LogP contribution in [-0.2, 0) is 19.5 Å². The van der Waals surface area contributed by atoms with Crippen LogP contribution in [0.25, 0.3) is 11.4 Å². The molecule has 29 heavy (non-hydrogen) atoms. The van der Waals surface area contributed by atoms with Crippen molar-refractivity contribution in [3.8, 4) is 11.4 Å². The van der Waals surface area contributed by atoms with Gasteiger partial charge in [0.1, 0.15) is 11.5 Å². The molecule has 0 unspecified atom stereocenters. The van der Waals surface area contributed by atoms with Crippen LogP contribution in [0.3, 0.4) is 0 Å². The van der Waals surface area contributed by atoms with Gasteiger partial charge < -0.3 is 9.47 Å². The highest BCUT2D eigenvalue weighted by molar-refractivity contribution is 5.94. The molecule has 2 heterocycles. The number of carbonyl (C=O) groups is 1. The van der Waals surface area contributed by atoms with Crippen LogP contribution in [0, 0.1) is 6.92 Å². The number of nitrogens with zero attached hydrogens (tertiary/aromatic N) is 3. The monoisotopic (exact) mass is 387 g/mol. The van der Waals surface area contributed by atoms with Crippen LogP contribution in [0.2, 0.25) is 0 Å². The second kappa shape index (κ2) is 8.64. The van der Waals surface area contributed by atoms with E-state index >= 15 is 0 Å². The van der Waals surface area contributed by atoms with Gasteiger partial charge in [0, 0.05) is 25.2 Å². The summed E-state index contributed by atoms with van der Waals surface area (Å²) in [6.45, 7) is 6.34. The molecular weight excluding hydrogens is 358 g/mol. The number of carbonyl (C=O) groups excluding carboxylic acids is 1. The lowest BCUT2D eigenvalue weighted by molar-refractivity contribution is 0.0746. The van der Waals surface area contributed by atoms with E-state index in [1.807, 2.05) is 30.0 Å². The van der Waals surface area contributed by atoms with E-state index in [0.717, 1.165) is 48.5 Å². The molecule has 1 amide bonds. The number of fused-ring (bicyclic) bond motifs is 1. The smallest absolute Gasteiger partial charge is 0.274 e. The number of aromatic nitrogens is 2. The minimum atomic E-state index is 0.0420. The van der Waals surface area contributed by atoms with Crippen LogP contribution in [0.4, 0.5) is 0 Å². The fourth-order valence-electron chi connectivity index (χ4n) is 4.09. The SMILES string of the molecule is CCN(Cc1ccccc1)C(=O)c1nc(-c2ccc(C)cc2)n2c1CCCCC2. The molecule has 4 nitrogen and oxygen atoms in total. The van der Waals surface area contributed by atoms with Crippen LogP contribution in [0.5, 0.6) is 0 Å². The van der Waals surface area contributed by atoms with Gasteiger partial charge in [-0.25, -0.2) is 4.98 Å². The molecule has 0 saturated carbocycles. The summed E-state index contributed by atoms with van der Waals surface area (Å²) in [4.78, 5) is 20.3. The van der Waals surface area contributed by atoms with Gasteiger partial charge in [0.15, 0.2) is 0 Å². The quantitative estimate of drug-likeness (QED) is 0.600. The normalized spacial score (nSPS) is 13.6. The van der Waals surface area contributed by atoms with Crippen molar-refractivity contribution >= 4 is 5.91 Å². The van der Waals surface area contributed by atoms with E-state index in [1.54, 1.807) is 0 Å². The molecule has 0 spiro atoms. The van der Waals surface area contributed by atoms with Gasteiger partial charge in [-0.3, -0.25) is 4.79 Å². The Hall–Kier alpha value is -2.88. The molecule has 0 aliphatic carbocycles. The predicted octanol–water partition coefficient (Wildman–Crippen LogP) is 5.25. The Morgan fingerprint density at radius 3 is 2.52 bits per heavy atom. The Balaban J connectivity index is 1.72. The Morgan fingerprint density at radius 2 is 1.79 bits per heavy atom. The van der Waals surface area contributed by atoms with Crippen molar-refractivity contribution in [2.75, 3.05) is 6.54 Å². The largest absolute Gasteiger partial charge is 0.333 e. The van der Waals surface area contributed by atoms with Crippen molar-refractivity contribution in [2.45, 2.75) is 52.6 Å². The molecule has 0 fully saturated rings. The highest BCUT2D eigenvalue weighted by Crippen LogP contribution is 2.28. The summed E-state index contributed by atoms with van der Waals surface area (Å²) in [6, 6.07) is 18.6. The molecule has 0 saturated heterocycles. The zero-order valence-corrected chi connectivity index (χ0v) is 17.4. The summed E-state index contributed by atoms with van der Waals surface area (Å²) in [5.74, 6) is 0.973. The van der Waals surface area contributed by atoms with Gasteiger partial charge in [0.05, 0.1) is 5.69 Å². The summed E-state index contributed by atoms with van der Waals surface area (Å²) in [6.07, 6.45) is 4.37. The van der Waals surface area contributed by atoms with E-state index < -0.39 is 0 Å². The summed E-state index contributed by atoms with van der Waals surface area (Å²) in [5, 5.41) is 0. The third-order valence-electron chi connectivity index (χ3n) is 5.77. The molecule has 3 aromatic rings. The molecule has 150 valence electrons. The molecule has 1 aliphatic heterocycles. The van der Waals surface area contributed by atoms with E-state index in [0.29, 0.717) is 18.8 Å². The minimum absolute atomic E-state index is 0.0420. The summed E-state index contributed by atoms with van der Waals surface area (Å²) >= 11 is 0. The first kappa shape index (κ1) is 19.4. The lowest BCUT2D eigenvalue weighted by atomic mass is 10.1. The highest BCUT2D eigenvalue weighted by atomic mass is 16.2. The first-order chi connectivity index (χ1) is 14.2. The van der Waals surface area contributed by atoms with E-state index in [2.05, 4.69) is 47.9 Å². The zero-order valence-electron chi connectivity index (χ0n) is 17.4. The first-order valence-electron chi connectivity index (χ1n) is 10.7. The lowest BCUT2D eigenvalue weighted by Gasteiger charge is -2.20. The number of hydrogen-bond donors (Lipinski definition) is 0. The van der Waals surface area contributed by atoms with Crippen molar-refractivity contribution in [3.63, 3.8) is 0 Å². The van der Waals surface area contributed by atoms with Gasteiger partial charge in [0.2, 0.25) is 0 Å². The fourth-order valence-corrected chi connectivity index (χ4v) is 4.09. The standard InChI is InChI=1S/C25H29N3O/c1-3-27(18-20-10-6-4-7-11-20)25(29)23-22-12-8-5-9-17-28(22)24(26-23)21-15-13-19(2)14-16-21/h4,6-7,10-11,13-16H,3,5,8-9,12,17-18H2,1-2H3. The van der Waals surface area contributed by atoms with Crippen LogP contribution < -0.4 is 0 Å². The molecule has 0 radical (unpaired) electrons. The number of aryl methyl sites for hydroxylation is 1. The summed E-state index contributed by atoms with van der Waals surface area (Å²) < 4.78 is 2.29. The summed E-state index contributed by atoms with van der Waals surface area (Å²) in [5.41, 5.74) is 5.21. The third-order valence-corrected chi connectivity index (χ3v) is 5.77. The molecule has 0 N–H and O–H groups in total. The van der Waals surface area contributed by atoms with Gasteiger partial charge in [-0.05, 0) is 38.7 Å². The maximum Gasteiger partial charge on any atom is 0.274 e. The number of rotatable bonds is 5. The predicted molar refractivity (Wildman–Crippen MR) is 117 cm³/mol. The first-order valence-corrected chi connectivity index (χ1v) is 10.7. The molecule has 1 aromatic heterocycles. The fraction of sp³-hybridized carbons (Fsp3) is 0.360. The molecule has 1 aliphatic rings. The van der Waals surface area contributed by atoms with Crippen molar-refractivity contribution in [2.24, 2.45) is 0 Å². The second-order valence-electron chi connectivity index (χ2n) is 7.86. The van der Waals surface area contributed by atoms with E-state index in [9.17, 15) is 4.79 Å². The number of hydrogen-bond acceptors (Lipinski definition) is 2. The maximum absolute atomic E-state index is 13.5. The zero-order chi connectivity index (χ0) is 20.2. The van der Waals surface area contributed by atoms with E-state index in [4.69, 9.17) is 4.98 Å². The van der Waals surface area contributed by atoms with E-state index in [-0.39, 0.29) is 5.91 Å². The third kappa shape index (κ3) is 4.12. The Labute approximate surface area is 173 Å². The van der Waals surface area contributed by atoms with Gasteiger partial charge >= 0.3 is 0 Å². The molecule has 2 aromatic carbocycles. The van der Waals surface area contributed by atoms with Crippen molar-refractivity contribution < 1.29 is 4.79 Å². The number of amides is 1. The average molecular weight is 388 g/mol. The minimum Gasteiger partial charge on any atom is -0.333 e. The Kier molecular flexibility index (Phi) is 5.79. The molecular formula is C25H29N3O. The second-order valence-corrected chi connectivity index (χ2v) is 7.86. The van der Waals surface area contributed by atoms with Crippen molar-refractivity contribution in [3.05, 3.63) is 77.1 Å². The average Bonchev–Trinajstić information content (AvgIpc) is 2.93. The maximum atomic E-state index is 13.5. The molecule has 4 heteroatoms. The molecule has 4 rings (SSSR count). The van der Waals surface area contributed by atoms with E-state index in [1.165, 1.54) is 12.0 Å². The topological polar surface area (TPSA) is 38.1 Å². The van der Waals surface area contributed by atoms with Crippen LogP contribution in [0.1, 0.15) is 53.5 Å². The van der Waals surface area contributed by atoms with Gasteiger partial charge in [-0.15, -0.1) is 0 Å². The van der Waals surface area contributed by atoms with Gasteiger partial charge in [0.25, 0.3) is 5.91 Å². The van der Waals surface area contributed by atoms with Gasteiger partial charge in [-0.2, -0.15) is 0 Å². The molecule has 0 bridgehead atoms. The number of imidazole rings is 1. The Bertz CT molecular complexity index is 973. The molecule has 0 atom stereocenters. The Morgan fingerprint density at radius 1 is 1.03 bits per heavy atom. The summed E-state index contributed by atoms with van der Waals surface area (Å²) in [7, 11) is 0.